The van der Waals surface area contributed by atoms with Crippen molar-refractivity contribution >= 4 is 29.2 Å². The molecule has 0 heterocycles. The molecular formula is C15H14Cl2F2O2. The minimum absolute atomic E-state index is 0.227. The van der Waals surface area contributed by atoms with Gasteiger partial charge in [-0.05, 0) is 17.5 Å². The van der Waals surface area contributed by atoms with E-state index in [9.17, 15) is 13.6 Å². The molecule has 1 aliphatic rings. The number of esters is 1. The van der Waals surface area contributed by atoms with Crippen LogP contribution in [-0.2, 0) is 16.1 Å². The van der Waals surface area contributed by atoms with Crippen molar-refractivity contribution in [2.24, 2.45) is 17.3 Å². The smallest absolute Gasteiger partial charge is 0.310 e. The van der Waals surface area contributed by atoms with Gasteiger partial charge < -0.3 is 4.74 Å². The molecule has 1 aliphatic carbocycles. The maximum absolute atomic E-state index is 13.5. The third-order valence-corrected chi connectivity index (χ3v) is 4.59. The monoisotopic (exact) mass is 334 g/mol. The van der Waals surface area contributed by atoms with E-state index in [0.717, 1.165) is 12.1 Å². The van der Waals surface area contributed by atoms with Crippen LogP contribution < -0.4 is 0 Å². The number of rotatable bonds is 4. The summed E-state index contributed by atoms with van der Waals surface area (Å²) in [5.41, 5.74) is 0.574. The summed E-state index contributed by atoms with van der Waals surface area (Å²) in [6.45, 7) is 3.27. The molecule has 1 aromatic carbocycles. The second-order valence-electron chi connectivity index (χ2n) is 5.58. The molecule has 1 aromatic rings. The third kappa shape index (κ3) is 3.06. The van der Waals surface area contributed by atoms with E-state index in [0.29, 0.717) is 5.03 Å². The molecule has 0 saturated heterocycles. The van der Waals surface area contributed by atoms with Gasteiger partial charge in [-0.15, -0.1) is 0 Å². The lowest BCUT2D eigenvalue weighted by molar-refractivity contribution is -0.147. The van der Waals surface area contributed by atoms with Gasteiger partial charge in [0.25, 0.3) is 0 Å². The highest BCUT2D eigenvalue weighted by molar-refractivity contribution is 6.37. The minimum atomic E-state index is -0.743. The van der Waals surface area contributed by atoms with Crippen LogP contribution >= 0.6 is 23.2 Å². The first-order valence-corrected chi connectivity index (χ1v) is 7.17. The van der Waals surface area contributed by atoms with Crippen molar-refractivity contribution in [1.82, 2.24) is 0 Å². The van der Waals surface area contributed by atoms with E-state index in [4.69, 9.17) is 27.9 Å². The predicted molar refractivity (Wildman–Crippen MR) is 76.7 cm³/mol. The van der Waals surface area contributed by atoms with Crippen LogP contribution in [0.4, 0.5) is 8.78 Å². The molecule has 0 aromatic heterocycles. The second kappa shape index (κ2) is 5.93. The lowest BCUT2D eigenvalue weighted by atomic mass is 10.1. The first kappa shape index (κ1) is 16.2. The van der Waals surface area contributed by atoms with E-state index in [1.807, 2.05) is 13.8 Å². The first-order valence-electron chi connectivity index (χ1n) is 6.36. The molecule has 2 nitrogen and oxygen atoms in total. The molecule has 0 amide bonds. The van der Waals surface area contributed by atoms with Crippen LogP contribution in [0, 0.1) is 28.9 Å². The summed E-state index contributed by atoms with van der Waals surface area (Å²) in [5, 5.41) is 0.376. The fourth-order valence-electron chi connectivity index (χ4n) is 2.56. The SMILES string of the molecule is CC1(C)C(C(=O)OCc2c(F)cccc2F)C1/C(Cl)=C/Cl. The van der Waals surface area contributed by atoms with E-state index in [-0.39, 0.29) is 16.9 Å². The quantitative estimate of drug-likeness (QED) is 0.752. The van der Waals surface area contributed by atoms with Gasteiger partial charge in [-0.2, -0.15) is 0 Å². The van der Waals surface area contributed by atoms with Gasteiger partial charge in [-0.1, -0.05) is 43.1 Å². The van der Waals surface area contributed by atoms with E-state index < -0.39 is 30.1 Å². The Kier molecular flexibility index (Phi) is 4.59. The molecule has 21 heavy (non-hydrogen) atoms. The molecule has 1 saturated carbocycles. The van der Waals surface area contributed by atoms with Crippen molar-refractivity contribution in [3.8, 4) is 0 Å². The number of hydrogen-bond acceptors (Lipinski definition) is 2. The zero-order chi connectivity index (χ0) is 15.8. The highest BCUT2D eigenvalue weighted by Crippen LogP contribution is 2.63. The Morgan fingerprint density at radius 1 is 1.33 bits per heavy atom. The topological polar surface area (TPSA) is 26.3 Å². The van der Waals surface area contributed by atoms with E-state index in [2.05, 4.69) is 0 Å². The van der Waals surface area contributed by atoms with Crippen LogP contribution in [0.1, 0.15) is 19.4 Å². The Balaban J connectivity index is 2.04. The highest BCUT2D eigenvalue weighted by atomic mass is 35.5. The Morgan fingerprint density at radius 2 is 1.90 bits per heavy atom. The molecule has 0 aliphatic heterocycles. The summed E-state index contributed by atoms with van der Waals surface area (Å²) in [5.74, 6) is -2.71. The number of carbonyl (C=O) groups excluding carboxylic acids is 1. The number of carbonyl (C=O) groups is 1. The lowest BCUT2D eigenvalue weighted by Crippen LogP contribution is -2.12. The van der Waals surface area contributed by atoms with E-state index in [1.165, 1.54) is 11.6 Å². The second-order valence-corrected chi connectivity index (χ2v) is 6.23. The fourth-order valence-corrected chi connectivity index (χ4v) is 3.11. The van der Waals surface area contributed by atoms with Crippen LogP contribution in [0.2, 0.25) is 0 Å². The molecule has 2 atom stereocenters. The van der Waals surface area contributed by atoms with Gasteiger partial charge in [0.2, 0.25) is 0 Å². The number of benzene rings is 1. The third-order valence-electron chi connectivity index (χ3n) is 3.90. The molecule has 114 valence electrons. The zero-order valence-corrected chi connectivity index (χ0v) is 13.0. The van der Waals surface area contributed by atoms with Crippen LogP contribution in [0.3, 0.4) is 0 Å². The van der Waals surface area contributed by atoms with Gasteiger partial charge in [0.15, 0.2) is 0 Å². The van der Waals surface area contributed by atoms with Gasteiger partial charge in [0, 0.05) is 16.5 Å². The van der Waals surface area contributed by atoms with E-state index >= 15 is 0 Å². The molecule has 0 bridgehead atoms. The highest BCUT2D eigenvalue weighted by Gasteiger charge is 2.64. The molecule has 2 unspecified atom stereocenters. The van der Waals surface area contributed by atoms with E-state index in [1.54, 1.807) is 0 Å². The van der Waals surface area contributed by atoms with Crippen LogP contribution in [-0.4, -0.2) is 5.97 Å². The van der Waals surface area contributed by atoms with Crippen molar-refractivity contribution < 1.29 is 18.3 Å². The maximum atomic E-state index is 13.5. The Hall–Kier alpha value is -1.13. The normalized spacial score (nSPS) is 23.8. The van der Waals surface area contributed by atoms with Gasteiger partial charge in [-0.3, -0.25) is 4.79 Å². The molecule has 1 fully saturated rings. The number of allylic oxidation sites excluding steroid dienone is 1. The predicted octanol–water partition coefficient (Wildman–Crippen LogP) is 4.60. The summed E-state index contributed by atoms with van der Waals surface area (Å²) < 4.78 is 31.9. The fraction of sp³-hybridized carbons (Fsp3) is 0.400. The minimum Gasteiger partial charge on any atom is -0.460 e. The number of ether oxygens (including phenoxy) is 1. The molecule has 2 rings (SSSR count). The summed E-state index contributed by atoms with van der Waals surface area (Å²) in [6.07, 6.45) is 0. The molecule has 0 N–H and O–H groups in total. The van der Waals surface area contributed by atoms with Gasteiger partial charge in [-0.25, -0.2) is 8.78 Å². The first-order chi connectivity index (χ1) is 9.80. The van der Waals surface area contributed by atoms with Gasteiger partial charge in [0.05, 0.1) is 11.5 Å². The molecule has 0 spiro atoms. The molecule has 0 radical (unpaired) electrons. The molecular weight excluding hydrogens is 321 g/mol. The Labute approximate surface area is 131 Å². The lowest BCUT2D eigenvalue weighted by Gasteiger charge is -2.07. The average Bonchev–Trinajstić information content (AvgIpc) is 3.00. The largest absolute Gasteiger partial charge is 0.460 e. The maximum Gasteiger partial charge on any atom is 0.310 e. The van der Waals surface area contributed by atoms with Crippen molar-refractivity contribution in [3.63, 3.8) is 0 Å². The van der Waals surface area contributed by atoms with Crippen molar-refractivity contribution in [2.45, 2.75) is 20.5 Å². The van der Waals surface area contributed by atoms with Gasteiger partial charge in [0.1, 0.15) is 18.2 Å². The number of hydrogen-bond donors (Lipinski definition) is 0. The van der Waals surface area contributed by atoms with Crippen LogP contribution in [0.5, 0.6) is 0 Å². The van der Waals surface area contributed by atoms with Crippen molar-refractivity contribution in [1.29, 1.82) is 0 Å². The summed E-state index contributed by atoms with van der Waals surface area (Å²) in [4.78, 5) is 12.1. The van der Waals surface area contributed by atoms with Crippen molar-refractivity contribution in [2.75, 3.05) is 0 Å². The van der Waals surface area contributed by atoms with Gasteiger partial charge >= 0.3 is 5.97 Å². The standard InChI is InChI=1S/C15H14Cl2F2O2/c1-15(2)12(9(17)6-16)13(15)14(20)21-7-8-10(18)4-3-5-11(8)19/h3-6,12-13H,7H2,1-2H3/b9-6-. The summed E-state index contributed by atoms with van der Waals surface area (Å²) in [6, 6.07) is 3.48. The van der Waals surface area contributed by atoms with Crippen molar-refractivity contribution in [3.05, 3.63) is 46.0 Å². The zero-order valence-electron chi connectivity index (χ0n) is 11.5. The summed E-state index contributed by atoms with van der Waals surface area (Å²) >= 11 is 11.5. The Morgan fingerprint density at radius 3 is 2.43 bits per heavy atom. The average molecular weight is 335 g/mol. The number of halogens is 4. The van der Waals surface area contributed by atoms with Crippen LogP contribution in [0.25, 0.3) is 0 Å². The molecule has 6 heteroatoms. The Bertz CT molecular complexity index is 579. The summed E-state index contributed by atoms with van der Waals surface area (Å²) in [7, 11) is 0. The van der Waals surface area contributed by atoms with Crippen LogP contribution in [0.15, 0.2) is 28.8 Å².